The van der Waals surface area contributed by atoms with E-state index in [1.807, 2.05) is 18.4 Å². The molecule has 0 fully saturated rings. The summed E-state index contributed by atoms with van der Waals surface area (Å²) >= 11 is 1.58. The zero-order chi connectivity index (χ0) is 14.0. The fraction of sp³-hybridized carbons (Fsp3) is 0.273. The van der Waals surface area contributed by atoms with Crippen LogP contribution in [0.4, 0.5) is 17.5 Å². The van der Waals surface area contributed by atoms with Gasteiger partial charge in [0, 0.05) is 4.88 Å². The fourth-order valence-electron chi connectivity index (χ4n) is 1.68. The predicted molar refractivity (Wildman–Crippen MR) is 74.2 cm³/mol. The lowest BCUT2D eigenvalue weighted by molar-refractivity contribution is -0.385. The average Bonchev–Trinajstić information content (AvgIpc) is 2.70. The van der Waals surface area contributed by atoms with Crippen molar-refractivity contribution >= 4 is 28.8 Å². The van der Waals surface area contributed by atoms with Gasteiger partial charge in [0.2, 0.25) is 11.8 Å². The first-order chi connectivity index (χ1) is 8.99. The van der Waals surface area contributed by atoms with Crippen molar-refractivity contribution in [3.8, 4) is 0 Å². The van der Waals surface area contributed by atoms with E-state index in [1.165, 1.54) is 6.92 Å². The topological polar surface area (TPSA) is 107 Å². The molecule has 2 heterocycles. The Hall–Kier alpha value is -2.22. The van der Waals surface area contributed by atoms with Crippen molar-refractivity contribution in [2.45, 2.75) is 20.4 Å². The lowest BCUT2D eigenvalue weighted by atomic mass is 10.3. The summed E-state index contributed by atoms with van der Waals surface area (Å²) in [5.74, 6) is 0.177. The minimum Gasteiger partial charge on any atom is -0.368 e. The first-order valence-electron chi connectivity index (χ1n) is 5.54. The Kier molecular flexibility index (Phi) is 3.61. The molecule has 100 valence electrons. The van der Waals surface area contributed by atoms with Crippen molar-refractivity contribution in [2.24, 2.45) is 0 Å². The lowest BCUT2D eigenvalue weighted by Crippen LogP contribution is -2.09. The number of thiophene rings is 1. The maximum atomic E-state index is 11.0. The molecular weight excluding hydrogens is 266 g/mol. The van der Waals surface area contributed by atoms with Crippen molar-refractivity contribution in [2.75, 3.05) is 11.1 Å². The number of aromatic nitrogens is 2. The number of aryl methyl sites for hydroxylation is 2. The van der Waals surface area contributed by atoms with Crippen LogP contribution in [0.15, 0.2) is 11.4 Å². The highest BCUT2D eigenvalue weighted by Crippen LogP contribution is 2.27. The molecule has 0 saturated heterocycles. The minimum absolute atomic E-state index is 0.0218. The first kappa shape index (κ1) is 13.2. The molecule has 0 aliphatic heterocycles. The van der Waals surface area contributed by atoms with Crippen LogP contribution >= 0.6 is 11.3 Å². The molecule has 8 heteroatoms. The molecule has 2 rings (SSSR count). The highest BCUT2D eigenvalue weighted by molar-refractivity contribution is 7.10. The molecule has 0 radical (unpaired) electrons. The lowest BCUT2D eigenvalue weighted by Gasteiger charge is -2.07. The van der Waals surface area contributed by atoms with Crippen LogP contribution in [0, 0.1) is 24.0 Å². The average molecular weight is 279 g/mol. The Morgan fingerprint density at radius 1 is 1.47 bits per heavy atom. The van der Waals surface area contributed by atoms with E-state index in [2.05, 4.69) is 15.3 Å². The number of hydrogen-bond acceptors (Lipinski definition) is 7. The second-order valence-electron chi connectivity index (χ2n) is 4.00. The van der Waals surface area contributed by atoms with Gasteiger partial charge >= 0.3 is 5.69 Å². The molecule has 19 heavy (non-hydrogen) atoms. The van der Waals surface area contributed by atoms with Gasteiger partial charge in [0.15, 0.2) is 0 Å². The van der Waals surface area contributed by atoms with Gasteiger partial charge in [-0.05, 0) is 30.9 Å². The van der Waals surface area contributed by atoms with Crippen LogP contribution in [0.5, 0.6) is 0 Å². The quantitative estimate of drug-likeness (QED) is 0.656. The van der Waals surface area contributed by atoms with Gasteiger partial charge in [0.1, 0.15) is 5.69 Å². The molecule has 0 aliphatic carbocycles. The minimum atomic E-state index is -0.502. The van der Waals surface area contributed by atoms with Crippen molar-refractivity contribution in [1.29, 1.82) is 0 Å². The number of hydrogen-bond donors (Lipinski definition) is 2. The number of nitrogens with zero attached hydrogens (tertiary/aromatic N) is 3. The van der Waals surface area contributed by atoms with Crippen molar-refractivity contribution < 1.29 is 4.92 Å². The zero-order valence-electron chi connectivity index (χ0n) is 10.5. The Morgan fingerprint density at radius 2 is 2.21 bits per heavy atom. The monoisotopic (exact) mass is 279 g/mol. The molecule has 0 amide bonds. The van der Waals surface area contributed by atoms with E-state index in [4.69, 9.17) is 5.73 Å². The van der Waals surface area contributed by atoms with E-state index in [0.717, 1.165) is 10.4 Å². The number of nitrogens with one attached hydrogen (secondary N) is 1. The zero-order valence-corrected chi connectivity index (χ0v) is 11.3. The van der Waals surface area contributed by atoms with Crippen LogP contribution in [0.3, 0.4) is 0 Å². The van der Waals surface area contributed by atoms with Gasteiger partial charge in [-0.3, -0.25) is 10.1 Å². The Bertz CT molecular complexity index is 626. The molecule has 0 bridgehead atoms. The van der Waals surface area contributed by atoms with Gasteiger partial charge in [0.05, 0.1) is 11.5 Å². The summed E-state index contributed by atoms with van der Waals surface area (Å²) < 4.78 is 0. The maximum Gasteiger partial charge on any atom is 0.332 e. The van der Waals surface area contributed by atoms with E-state index >= 15 is 0 Å². The predicted octanol–water partition coefficient (Wildman–Crippen LogP) is 2.26. The highest BCUT2D eigenvalue weighted by Gasteiger charge is 2.21. The van der Waals surface area contributed by atoms with Crippen molar-refractivity contribution in [3.63, 3.8) is 0 Å². The van der Waals surface area contributed by atoms with E-state index in [-0.39, 0.29) is 23.1 Å². The second-order valence-corrected chi connectivity index (χ2v) is 5.00. The molecule has 0 unspecified atom stereocenters. The van der Waals surface area contributed by atoms with Gasteiger partial charge < -0.3 is 11.1 Å². The second kappa shape index (κ2) is 5.19. The molecule has 0 saturated carbocycles. The third kappa shape index (κ3) is 2.79. The summed E-state index contributed by atoms with van der Waals surface area (Å²) in [6.07, 6.45) is 0. The van der Waals surface area contributed by atoms with E-state index in [9.17, 15) is 10.1 Å². The van der Waals surface area contributed by atoms with Crippen molar-refractivity contribution in [1.82, 2.24) is 9.97 Å². The van der Waals surface area contributed by atoms with Crippen LogP contribution < -0.4 is 11.1 Å². The Balaban J connectivity index is 2.29. The summed E-state index contributed by atoms with van der Waals surface area (Å²) in [6, 6.07) is 2.00. The molecule has 0 aliphatic rings. The number of nitrogens with two attached hydrogens (primary N) is 1. The SMILES string of the molecule is Cc1ccsc1CNc1nc(N)nc(C)c1[N+](=O)[O-]. The summed E-state index contributed by atoms with van der Waals surface area (Å²) in [5.41, 5.74) is 6.78. The van der Waals surface area contributed by atoms with E-state index in [0.29, 0.717) is 6.54 Å². The van der Waals surface area contributed by atoms with Crippen molar-refractivity contribution in [3.05, 3.63) is 37.7 Å². The molecular formula is C11H13N5O2S. The summed E-state index contributed by atoms with van der Waals surface area (Å²) in [4.78, 5) is 19.3. The van der Waals surface area contributed by atoms with Gasteiger partial charge in [-0.2, -0.15) is 4.98 Å². The van der Waals surface area contributed by atoms with Crippen LogP contribution in [-0.4, -0.2) is 14.9 Å². The largest absolute Gasteiger partial charge is 0.368 e. The van der Waals surface area contributed by atoms with E-state index < -0.39 is 4.92 Å². The van der Waals surface area contributed by atoms with Gasteiger partial charge in [-0.1, -0.05) is 0 Å². The summed E-state index contributed by atoms with van der Waals surface area (Å²) in [7, 11) is 0. The van der Waals surface area contributed by atoms with Crippen LogP contribution in [0.2, 0.25) is 0 Å². The summed E-state index contributed by atoms with van der Waals surface area (Å²) in [5, 5.41) is 16.0. The van der Waals surface area contributed by atoms with Crippen LogP contribution in [0.25, 0.3) is 0 Å². The number of nitrogen functional groups attached to an aromatic ring is 1. The van der Waals surface area contributed by atoms with Crippen LogP contribution in [0.1, 0.15) is 16.1 Å². The third-order valence-electron chi connectivity index (χ3n) is 2.64. The number of anilines is 2. The molecule has 0 spiro atoms. The molecule has 2 aromatic heterocycles. The molecule has 2 aromatic rings. The molecule has 3 N–H and O–H groups in total. The standard InChI is InChI=1S/C11H13N5O2S/c1-6-3-4-19-8(6)5-13-10-9(16(17)18)7(2)14-11(12)15-10/h3-4H,5H2,1-2H3,(H3,12,13,14,15). The third-order valence-corrected chi connectivity index (χ3v) is 3.67. The number of nitro groups is 1. The Labute approximate surface area is 113 Å². The van der Waals surface area contributed by atoms with Gasteiger partial charge in [-0.25, -0.2) is 4.98 Å². The normalized spacial score (nSPS) is 10.4. The Morgan fingerprint density at radius 3 is 2.79 bits per heavy atom. The highest BCUT2D eigenvalue weighted by atomic mass is 32.1. The number of rotatable bonds is 4. The summed E-state index contributed by atoms with van der Waals surface area (Å²) in [6.45, 7) is 4.00. The fourth-order valence-corrected chi connectivity index (χ4v) is 2.53. The van der Waals surface area contributed by atoms with Crippen LogP contribution in [-0.2, 0) is 6.54 Å². The molecule has 7 nitrogen and oxygen atoms in total. The van der Waals surface area contributed by atoms with Gasteiger partial charge in [0.25, 0.3) is 0 Å². The molecule has 0 atom stereocenters. The smallest absolute Gasteiger partial charge is 0.332 e. The maximum absolute atomic E-state index is 11.0. The first-order valence-corrected chi connectivity index (χ1v) is 6.42. The van der Waals surface area contributed by atoms with E-state index in [1.54, 1.807) is 11.3 Å². The van der Waals surface area contributed by atoms with Gasteiger partial charge in [-0.15, -0.1) is 11.3 Å². The molecule has 0 aromatic carbocycles.